The molecule has 2 aromatic rings. The fourth-order valence-electron chi connectivity index (χ4n) is 1.86. The standard InChI is InChI=1S/C12H14ClFN4S/c1-2-10-12(19-18-17-10)11(16-15)5-7-3-4-8(13)6-9(7)14/h3-4,6,11,16H,2,5,15H2,1H3. The molecule has 0 aliphatic rings. The van der Waals surface area contributed by atoms with Crippen LogP contribution in [0, 0.1) is 5.82 Å². The Kier molecular flexibility index (Phi) is 4.81. The van der Waals surface area contributed by atoms with Gasteiger partial charge in [0.05, 0.1) is 16.6 Å². The number of hydrogen-bond donors (Lipinski definition) is 2. The lowest BCUT2D eigenvalue weighted by atomic mass is 10.0. The molecule has 0 fully saturated rings. The molecule has 0 radical (unpaired) electrons. The Morgan fingerprint density at radius 2 is 2.32 bits per heavy atom. The molecule has 19 heavy (non-hydrogen) atoms. The molecule has 0 bridgehead atoms. The summed E-state index contributed by atoms with van der Waals surface area (Å²) in [5, 5.41) is 4.42. The Balaban J connectivity index is 2.24. The van der Waals surface area contributed by atoms with Crippen molar-refractivity contribution in [1.29, 1.82) is 0 Å². The average Bonchev–Trinajstić information content (AvgIpc) is 2.86. The molecule has 1 aromatic carbocycles. The first kappa shape index (κ1) is 14.3. The van der Waals surface area contributed by atoms with Gasteiger partial charge < -0.3 is 0 Å². The summed E-state index contributed by atoms with van der Waals surface area (Å²) in [5.74, 6) is 5.24. The monoisotopic (exact) mass is 300 g/mol. The van der Waals surface area contributed by atoms with Crippen LogP contribution in [0.2, 0.25) is 5.02 Å². The van der Waals surface area contributed by atoms with Gasteiger partial charge in [0.15, 0.2) is 0 Å². The molecule has 2 rings (SSSR count). The molecule has 0 aliphatic heterocycles. The zero-order valence-corrected chi connectivity index (χ0v) is 11.9. The maximum atomic E-state index is 13.8. The van der Waals surface area contributed by atoms with Gasteiger partial charge in [0.2, 0.25) is 0 Å². The second-order valence-corrected chi connectivity index (χ2v) is 5.32. The SMILES string of the molecule is CCc1nnsc1C(Cc1ccc(Cl)cc1F)NN. The first-order valence-electron chi connectivity index (χ1n) is 5.86. The molecule has 0 saturated heterocycles. The number of hydrogen-bond acceptors (Lipinski definition) is 5. The molecular weight excluding hydrogens is 287 g/mol. The zero-order chi connectivity index (χ0) is 13.8. The Labute approximate surface area is 119 Å². The number of hydrazine groups is 1. The van der Waals surface area contributed by atoms with Gasteiger partial charge in [-0.2, -0.15) is 0 Å². The first-order valence-corrected chi connectivity index (χ1v) is 7.02. The highest BCUT2D eigenvalue weighted by Crippen LogP contribution is 2.25. The number of nitrogens with two attached hydrogens (primary N) is 1. The van der Waals surface area contributed by atoms with Crippen LogP contribution in [0.15, 0.2) is 18.2 Å². The molecule has 0 aliphatic carbocycles. The molecule has 3 N–H and O–H groups in total. The fraction of sp³-hybridized carbons (Fsp3) is 0.333. The predicted octanol–water partition coefficient (Wildman–Crippen LogP) is 2.64. The highest BCUT2D eigenvalue weighted by Gasteiger charge is 2.19. The molecule has 4 nitrogen and oxygen atoms in total. The highest BCUT2D eigenvalue weighted by atomic mass is 35.5. The van der Waals surface area contributed by atoms with Gasteiger partial charge in [-0.1, -0.05) is 29.1 Å². The van der Waals surface area contributed by atoms with Gasteiger partial charge in [0.25, 0.3) is 0 Å². The lowest BCUT2D eigenvalue weighted by Crippen LogP contribution is -2.29. The molecule has 7 heteroatoms. The molecule has 0 amide bonds. The molecule has 102 valence electrons. The minimum absolute atomic E-state index is 0.203. The molecule has 1 atom stereocenters. The minimum Gasteiger partial charge on any atom is -0.271 e. The van der Waals surface area contributed by atoms with Gasteiger partial charge in [0.1, 0.15) is 5.82 Å². The molecular formula is C12H14ClFN4S. The number of halogens is 2. The lowest BCUT2D eigenvalue weighted by Gasteiger charge is -2.15. The number of aryl methyl sites for hydroxylation is 1. The topological polar surface area (TPSA) is 63.8 Å². The third-order valence-corrected chi connectivity index (χ3v) is 3.99. The van der Waals surface area contributed by atoms with Crippen molar-refractivity contribution in [1.82, 2.24) is 15.0 Å². The first-order chi connectivity index (χ1) is 9.15. The van der Waals surface area contributed by atoms with Crippen molar-refractivity contribution < 1.29 is 4.39 Å². The van der Waals surface area contributed by atoms with Gasteiger partial charge in [-0.3, -0.25) is 11.3 Å². The molecule has 1 unspecified atom stereocenters. The molecule has 0 saturated carbocycles. The summed E-state index contributed by atoms with van der Waals surface area (Å²) in [7, 11) is 0. The fourth-order valence-corrected chi connectivity index (χ4v) is 2.82. The predicted molar refractivity (Wildman–Crippen MR) is 74.5 cm³/mol. The number of rotatable bonds is 5. The highest BCUT2D eigenvalue weighted by molar-refractivity contribution is 7.05. The Morgan fingerprint density at radius 3 is 2.95 bits per heavy atom. The third-order valence-electron chi connectivity index (χ3n) is 2.88. The van der Waals surface area contributed by atoms with Crippen LogP contribution in [0.5, 0.6) is 0 Å². The van der Waals surface area contributed by atoms with Gasteiger partial charge in [-0.15, -0.1) is 5.10 Å². The maximum Gasteiger partial charge on any atom is 0.127 e. The van der Waals surface area contributed by atoms with Crippen LogP contribution in [-0.4, -0.2) is 9.59 Å². The summed E-state index contributed by atoms with van der Waals surface area (Å²) in [4.78, 5) is 0.944. The minimum atomic E-state index is -0.330. The van der Waals surface area contributed by atoms with E-state index in [2.05, 4.69) is 15.0 Å². The van der Waals surface area contributed by atoms with Crippen molar-refractivity contribution in [3.63, 3.8) is 0 Å². The summed E-state index contributed by atoms with van der Waals surface area (Å²) in [6, 6.07) is 4.43. The van der Waals surface area contributed by atoms with E-state index in [1.165, 1.54) is 17.6 Å². The van der Waals surface area contributed by atoms with Crippen LogP contribution in [0.25, 0.3) is 0 Å². The second kappa shape index (κ2) is 6.38. The second-order valence-electron chi connectivity index (χ2n) is 4.10. The number of nitrogens with zero attached hydrogens (tertiary/aromatic N) is 2. The van der Waals surface area contributed by atoms with E-state index in [1.807, 2.05) is 6.92 Å². The summed E-state index contributed by atoms with van der Waals surface area (Å²) in [6.45, 7) is 2.00. The van der Waals surface area contributed by atoms with Crippen molar-refractivity contribution in [3.05, 3.63) is 45.2 Å². The van der Waals surface area contributed by atoms with E-state index in [4.69, 9.17) is 17.4 Å². The molecule has 1 heterocycles. The van der Waals surface area contributed by atoms with Crippen LogP contribution in [0.3, 0.4) is 0 Å². The van der Waals surface area contributed by atoms with Crippen LogP contribution in [0.1, 0.15) is 29.1 Å². The van der Waals surface area contributed by atoms with Crippen LogP contribution in [0.4, 0.5) is 4.39 Å². The van der Waals surface area contributed by atoms with Crippen molar-refractivity contribution in [2.45, 2.75) is 25.8 Å². The van der Waals surface area contributed by atoms with Crippen LogP contribution in [-0.2, 0) is 12.8 Å². The van der Waals surface area contributed by atoms with Crippen molar-refractivity contribution >= 4 is 23.1 Å². The van der Waals surface area contributed by atoms with Gasteiger partial charge in [-0.05, 0) is 42.1 Å². The van der Waals surface area contributed by atoms with Crippen molar-refractivity contribution in [3.8, 4) is 0 Å². The van der Waals surface area contributed by atoms with E-state index in [1.54, 1.807) is 12.1 Å². The third kappa shape index (κ3) is 3.27. The maximum absolute atomic E-state index is 13.8. The smallest absolute Gasteiger partial charge is 0.127 e. The summed E-state index contributed by atoms with van der Waals surface area (Å²) in [6.07, 6.45) is 1.20. The van der Waals surface area contributed by atoms with Gasteiger partial charge in [-0.25, -0.2) is 4.39 Å². The average molecular weight is 301 g/mol. The van der Waals surface area contributed by atoms with Crippen molar-refractivity contribution in [2.75, 3.05) is 0 Å². The van der Waals surface area contributed by atoms with Gasteiger partial charge >= 0.3 is 0 Å². The lowest BCUT2D eigenvalue weighted by molar-refractivity contribution is 0.532. The Morgan fingerprint density at radius 1 is 1.53 bits per heavy atom. The van der Waals surface area contributed by atoms with E-state index < -0.39 is 0 Å². The van der Waals surface area contributed by atoms with E-state index in [-0.39, 0.29) is 11.9 Å². The molecule has 0 spiro atoms. The summed E-state index contributed by atoms with van der Waals surface area (Å²) < 4.78 is 17.7. The van der Waals surface area contributed by atoms with Gasteiger partial charge in [0, 0.05) is 5.02 Å². The summed E-state index contributed by atoms with van der Waals surface area (Å²) >= 11 is 7.02. The van der Waals surface area contributed by atoms with Crippen molar-refractivity contribution in [2.24, 2.45) is 5.84 Å². The van der Waals surface area contributed by atoms with E-state index in [0.717, 1.165) is 17.0 Å². The Hall–Kier alpha value is -1.08. The van der Waals surface area contributed by atoms with E-state index >= 15 is 0 Å². The number of aromatic nitrogens is 2. The van der Waals surface area contributed by atoms with E-state index in [0.29, 0.717) is 17.0 Å². The number of benzene rings is 1. The Bertz CT molecular complexity index is 560. The quantitative estimate of drug-likeness (QED) is 0.658. The van der Waals surface area contributed by atoms with E-state index in [9.17, 15) is 4.39 Å². The molecule has 1 aromatic heterocycles. The summed E-state index contributed by atoms with van der Waals surface area (Å²) in [5.41, 5.74) is 4.15. The van der Waals surface area contributed by atoms with Crippen LogP contribution >= 0.6 is 23.1 Å². The normalized spacial score (nSPS) is 12.6. The largest absolute Gasteiger partial charge is 0.271 e. The zero-order valence-electron chi connectivity index (χ0n) is 10.4. The van der Waals surface area contributed by atoms with Crippen LogP contribution < -0.4 is 11.3 Å². The number of nitrogens with one attached hydrogen (secondary N) is 1.